The van der Waals surface area contributed by atoms with Crippen LogP contribution in [-0.2, 0) is 19.1 Å². The highest BCUT2D eigenvalue weighted by atomic mass is 16.5. The zero-order valence-electron chi connectivity index (χ0n) is 17.3. The molecule has 5 rings (SSSR count). The minimum Gasteiger partial charge on any atom is -0.459 e. The van der Waals surface area contributed by atoms with Gasteiger partial charge < -0.3 is 14.6 Å². The van der Waals surface area contributed by atoms with Gasteiger partial charge in [-0.3, -0.25) is 4.79 Å². The standard InChI is InChI=1S/C24H32O5/c1-14(12-28-22(27)11-25)17-3-4-18-16-10-21-20-9-15(26)5-8-24(20,13-29-21)19(16)6-7-23(17,18)2/h9,16-19,21,25H,1,3-8,10-13H2,2H3/t16?,17-,18?,19?,21-,23-,24+/m1/s1. The zero-order valence-corrected chi connectivity index (χ0v) is 17.3. The van der Waals surface area contributed by atoms with Gasteiger partial charge in [0.1, 0.15) is 13.2 Å². The second-order valence-corrected chi connectivity index (χ2v) is 10.3. The van der Waals surface area contributed by atoms with E-state index in [9.17, 15) is 9.59 Å². The first kappa shape index (κ1) is 19.5. The number of carbonyl (C=O) groups is 2. The van der Waals surface area contributed by atoms with Crippen LogP contribution in [0.4, 0.5) is 0 Å². The van der Waals surface area contributed by atoms with Crippen LogP contribution in [0.3, 0.4) is 0 Å². The van der Waals surface area contributed by atoms with Crippen LogP contribution in [0, 0.1) is 34.5 Å². The topological polar surface area (TPSA) is 72.8 Å². The van der Waals surface area contributed by atoms with Gasteiger partial charge in [0, 0.05) is 11.8 Å². The van der Waals surface area contributed by atoms with Gasteiger partial charge in [0.25, 0.3) is 0 Å². The quantitative estimate of drug-likeness (QED) is 0.579. The Morgan fingerprint density at radius 3 is 2.93 bits per heavy atom. The van der Waals surface area contributed by atoms with Gasteiger partial charge in [-0.15, -0.1) is 0 Å². The van der Waals surface area contributed by atoms with Crippen LogP contribution in [0.25, 0.3) is 0 Å². The van der Waals surface area contributed by atoms with Gasteiger partial charge in [-0.1, -0.05) is 13.5 Å². The molecule has 0 amide bonds. The van der Waals surface area contributed by atoms with Crippen LogP contribution < -0.4 is 0 Å². The molecule has 0 radical (unpaired) electrons. The highest BCUT2D eigenvalue weighted by molar-refractivity contribution is 5.92. The third-order valence-corrected chi connectivity index (χ3v) is 9.27. The summed E-state index contributed by atoms with van der Waals surface area (Å²) in [6, 6.07) is 0. The summed E-state index contributed by atoms with van der Waals surface area (Å²) in [5.41, 5.74) is 2.60. The summed E-state index contributed by atoms with van der Waals surface area (Å²) in [5, 5.41) is 8.90. The molecule has 5 heteroatoms. The molecule has 5 aliphatic rings. The van der Waals surface area contributed by atoms with Crippen LogP contribution in [0.2, 0.25) is 0 Å². The first-order chi connectivity index (χ1) is 13.9. The van der Waals surface area contributed by atoms with E-state index in [-0.39, 0.29) is 29.3 Å². The highest BCUT2D eigenvalue weighted by Crippen LogP contribution is 2.69. The molecule has 0 aromatic rings. The van der Waals surface area contributed by atoms with Crippen molar-refractivity contribution < 1.29 is 24.2 Å². The van der Waals surface area contributed by atoms with E-state index in [0.717, 1.165) is 37.9 Å². The van der Waals surface area contributed by atoms with Crippen molar-refractivity contribution in [2.45, 2.75) is 58.0 Å². The zero-order chi connectivity index (χ0) is 20.4. The molecule has 0 aromatic heterocycles. The molecule has 1 N–H and O–H groups in total. The van der Waals surface area contributed by atoms with Gasteiger partial charge in [0.05, 0.1) is 12.7 Å². The number of hydrogen-bond acceptors (Lipinski definition) is 5. The van der Waals surface area contributed by atoms with Gasteiger partial charge in [0.15, 0.2) is 5.78 Å². The molecular formula is C24H32O5. The van der Waals surface area contributed by atoms with E-state index < -0.39 is 12.6 Å². The van der Waals surface area contributed by atoms with Crippen molar-refractivity contribution >= 4 is 11.8 Å². The van der Waals surface area contributed by atoms with Crippen LogP contribution >= 0.6 is 0 Å². The lowest BCUT2D eigenvalue weighted by atomic mass is 9.46. The SMILES string of the molecule is C=C(COC(=O)CO)[C@H]1CCC2C3C[C@H]4OC[C@@]5(CCC(=O)C=C45)C3CC[C@@]21C. The Hall–Kier alpha value is -1.46. The van der Waals surface area contributed by atoms with Gasteiger partial charge in [-0.2, -0.15) is 0 Å². The second-order valence-electron chi connectivity index (χ2n) is 10.3. The molecule has 7 atom stereocenters. The summed E-state index contributed by atoms with van der Waals surface area (Å²) in [7, 11) is 0. The third kappa shape index (κ3) is 2.73. The number of esters is 1. The maximum atomic E-state index is 12.1. The van der Waals surface area contributed by atoms with Crippen molar-refractivity contribution in [3.8, 4) is 0 Å². The monoisotopic (exact) mass is 400 g/mol. The lowest BCUT2D eigenvalue weighted by molar-refractivity contribution is -0.146. The molecule has 4 aliphatic carbocycles. The Morgan fingerprint density at radius 2 is 2.14 bits per heavy atom. The maximum absolute atomic E-state index is 12.1. The Balaban J connectivity index is 1.38. The lowest BCUT2D eigenvalue weighted by Gasteiger charge is -2.57. The first-order valence-corrected chi connectivity index (χ1v) is 11.2. The second kappa shape index (κ2) is 6.78. The smallest absolute Gasteiger partial charge is 0.332 e. The lowest BCUT2D eigenvalue weighted by Crippen LogP contribution is -2.52. The molecule has 0 aromatic carbocycles. The van der Waals surface area contributed by atoms with E-state index in [1.54, 1.807) is 0 Å². The number of ketones is 1. The van der Waals surface area contributed by atoms with Gasteiger partial charge in [0.2, 0.25) is 0 Å². The Labute approximate surface area is 172 Å². The minimum absolute atomic E-state index is 0.106. The van der Waals surface area contributed by atoms with E-state index in [0.29, 0.717) is 30.1 Å². The summed E-state index contributed by atoms with van der Waals surface area (Å²) in [4.78, 5) is 23.4. The average molecular weight is 401 g/mol. The molecule has 5 nitrogen and oxygen atoms in total. The van der Waals surface area contributed by atoms with E-state index in [1.165, 1.54) is 18.4 Å². The van der Waals surface area contributed by atoms with Gasteiger partial charge in [-0.05, 0) is 84.8 Å². The van der Waals surface area contributed by atoms with Crippen molar-refractivity contribution in [1.29, 1.82) is 0 Å². The molecule has 1 aliphatic heterocycles. The molecule has 158 valence electrons. The fourth-order valence-electron chi connectivity index (χ4n) is 8.03. The number of fused-ring (bicyclic) bond motifs is 3. The summed E-state index contributed by atoms with van der Waals surface area (Å²) >= 11 is 0. The predicted octanol–water partition coefficient (Wildman–Crippen LogP) is 3.22. The summed E-state index contributed by atoms with van der Waals surface area (Å²) in [6.45, 7) is 7.12. The fourth-order valence-corrected chi connectivity index (χ4v) is 8.03. The minimum atomic E-state index is -0.583. The van der Waals surface area contributed by atoms with Crippen LogP contribution in [0.15, 0.2) is 23.8 Å². The van der Waals surface area contributed by atoms with Gasteiger partial charge >= 0.3 is 5.97 Å². The number of ether oxygens (including phenoxy) is 2. The number of hydrogen-bond donors (Lipinski definition) is 1. The molecule has 4 fully saturated rings. The van der Waals surface area contributed by atoms with E-state index in [2.05, 4.69) is 13.5 Å². The van der Waals surface area contributed by atoms with Crippen molar-refractivity contribution in [3.63, 3.8) is 0 Å². The molecule has 29 heavy (non-hydrogen) atoms. The normalized spacial score (nSPS) is 45.1. The highest BCUT2D eigenvalue weighted by Gasteiger charge is 2.64. The fraction of sp³-hybridized carbons (Fsp3) is 0.750. The van der Waals surface area contributed by atoms with E-state index in [1.807, 2.05) is 6.08 Å². The summed E-state index contributed by atoms with van der Waals surface area (Å²) in [6.07, 6.45) is 9.37. The van der Waals surface area contributed by atoms with Gasteiger partial charge in [-0.25, -0.2) is 4.79 Å². The van der Waals surface area contributed by atoms with E-state index in [4.69, 9.17) is 14.6 Å². The van der Waals surface area contributed by atoms with Crippen LogP contribution in [0.1, 0.15) is 51.9 Å². The molecule has 1 heterocycles. The molecule has 2 bridgehead atoms. The summed E-state index contributed by atoms with van der Waals surface area (Å²) < 4.78 is 11.4. The molecular weight excluding hydrogens is 368 g/mol. The molecule has 3 unspecified atom stereocenters. The van der Waals surface area contributed by atoms with Crippen molar-refractivity contribution in [3.05, 3.63) is 23.8 Å². The number of aliphatic hydroxyl groups is 1. The number of aliphatic hydroxyl groups excluding tert-OH is 1. The maximum Gasteiger partial charge on any atom is 0.332 e. The Kier molecular flexibility index (Phi) is 4.56. The van der Waals surface area contributed by atoms with Crippen LogP contribution in [-0.4, -0.2) is 42.8 Å². The number of rotatable bonds is 4. The third-order valence-electron chi connectivity index (χ3n) is 9.27. The van der Waals surface area contributed by atoms with Crippen molar-refractivity contribution in [2.75, 3.05) is 19.8 Å². The predicted molar refractivity (Wildman–Crippen MR) is 107 cm³/mol. The van der Waals surface area contributed by atoms with Crippen LogP contribution in [0.5, 0.6) is 0 Å². The molecule has 1 saturated heterocycles. The number of carbonyl (C=O) groups excluding carboxylic acids is 2. The largest absolute Gasteiger partial charge is 0.459 e. The first-order valence-electron chi connectivity index (χ1n) is 11.2. The molecule has 3 saturated carbocycles. The summed E-state index contributed by atoms with van der Waals surface area (Å²) in [5.74, 6) is 1.96. The average Bonchev–Trinajstić information content (AvgIpc) is 3.19. The Morgan fingerprint density at radius 1 is 1.31 bits per heavy atom. The van der Waals surface area contributed by atoms with E-state index >= 15 is 0 Å². The van der Waals surface area contributed by atoms with Crippen molar-refractivity contribution in [2.24, 2.45) is 34.5 Å². The molecule has 0 spiro atoms. The van der Waals surface area contributed by atoms with Crippen molar-refractivity contribution in [1.82, 2.24) is 0 Å². The Bertz CT molecular complexity index is 784.